The smallest absolute Gasteiger partial charge is 0.280 e. The van der Waals surface area contributed by atoms with Crippen molar-refractivity contribution in [2.75, 3.05) is 0 Å². The Morgan fingerprint density at radius 1 is 1.32 bits per heavy atom. The van der Waals surface area contributed by atoms with Crippen molar-refractivity contribution < 1.29 is 14.6 Å². The molecule has 2 aromatic carbocycles. The summed E-state index contributed by atoms with van der Waals surface area (Å²) in [5, 5.41) is 14.2. The average Bonchev–Trinajstić information content (AvgIpc) is 2.55. The van der Waals surface area contributed by atoms with Gasteiger partial charge in [-0.25, -0.2) is 5.43 Å². The van der Waals surface area contributed by atoms with Crippen LogP contribution < -0.4 is 10.2 Å². The maximum absolute atomic E-state index is 12.0. The first kappa shape index (κ1) is 19.8. The number of nitrogens with one attached hydrogen (secondary N) is 1. The normalized spacial score (nSPS) is 12.2. The number of phenols is 1. The fourth-order valence-electron chi connectivity index (χ4n) is 1.87. The second kappa shape index (κ2) is 8.69. The number of aryl methyl sites for hydroxylation is 1. The van der Waals surface area contributed by atoms with Crippen molar-refractivity contribution in [1.82, 2.24) is 5.43 Å². The highest BCUT2D eigenvalue weighted by Gasteiger charge is 2.14. The van der Waals surface area contributed by atoms with Crippen LogP contribution in [0, 0.1) is 6.92 Å². The Morgan fingerprint density at radius 3 is 2.56 bits per heavy atom. The number of aromatic hydroxyl groups is 1. The predicted octanol–water partition coefficient (Wildman–Crippen LogP) is 4.80. The largest absolute Gasteiger partial charge is 0.506 e. The molecule has 2 N–H and O–H groups in total. The van der Waals surface area contributed by atoms with Crippen LogP contribution in [0.3, 0.4) is 0 Å². The van der Waals surface area contributed by atoms with Crippen LogP contribution in [0.15, 0.2) is 44.4 Å². The summed E-state index contributed by atoms with van der Waals surface area (Å²) in [7, 11) is 0. The van der Waals surface area contributed by atoms with Crippen LogP contribution in [0.2, 0.25) is 5.02 Å². The molecule has 8 heteroatoms. The Kier molecular flexibility index (Phi) is 6.87. The van der Waals surface area contributed by atoms with Crippen LogP contribution in [0.1, 0.15) is 18.1 Å². The molecule has 2 aromatic rings. The Balaban J connectivity index is 1.96. The maximum atomic E-state index is 12.0. The van der Waals surface area contributed by atoms with Gasteiger partial charge in [-0.2, -0.15) is 5.10 Å². The highest BCUT2D eigenvalue weighted by molar-refractivity contribution is 9.11. The third kappa shape index (κ3) is 5.45. The van der Waals surface area contributed by atoms with E-state index in [2.05, 4.69) is 42.4 Å². The lowest BCUT2D eigenvalue weighted by Crippen LogP contribution is -2.33. The minimum absolute atomic E-state index is 0.0986. The zero-order chi connectivity index (χ0) is 18.6. The third-order valence-electron chi connectivity index (χ3n) is 3.24. The summed E-state index contributed by atoms with van der Waals surface area (Å²) in [6, 6.07) is 8.53. The molecular weight excluding hydrogens is 475 g/mol. The summed E-state index contributed by atoms with van der Waals surface area (Å²) in [6.45, 7) is 3.49. The summed E-state index contributed by atoms with van der Waals surface area (Å²) in [4.78, 5) is 12.0. The van der Waals surface area contributed by atoms with E-state index in [-0.39, 0.29) is 11.7 Å². The average molecular weight is 491 g/mol. The van der Waals surface area contributed by atoms with Gasteiger partial charge in [0.2, 0.25) is 0 Å². The van der Waals surface area contributed by atoms with Gasteiger partial charge in [-0.3, -0.25) is 4.79 Å². The molecule has 0 unspecified atom stereocenters. The van der Waals surface area contributed by atoms with Gasteiger partial charge >= 0.3 is 0 Å². The van der Waals surface area contributed by atoms with E-state index in [0.29, 0.717) is 25.3 Å². The number of carbonyl (C=O) groups is 1. The monoisotopic (exact) mass is 488 g/mol. The van der Waals surface area contributed by atoms with Crippen molar-refractivity contribution in [3.63, 3.8) is 0 Å². The SMILES string of the molecule is Cc1cc(O[C@H](C)C(=O)N/N=C\c2cc(Br)c(O)c(Br)c2)ccc1Cl. The van der Waals surface area contributed by atoms with Gasteiger partial charge in [0, 0.05) is 5.02 Å². The van der Waals surface area contributed by atoms with E-state index in [0.717, 1.165) is 5.56 Å². The van der Waals surface area contributed by atoms with Gasteiger partial charge in [0.05, 0.1) is 15.2 Å². The maximum Gasteiger partial charge on any atom is 0.280 e. The van der Waals surface area contributed by atoms with Crippen molar-refractivity contribution in [1.29, 1.82) is 0 Å². The number of hydrogen-bond donors (Lipinski definition) is 2. The van der Waals surface area contributed by atoms with Gasteiger partial charge in [-0.1, -0.05) is 11.6 Å². The van der Waals surface area contributed by atoms with Gasteiger partial charge in [-0.15, -0.1) is 0 Å². The van der Waals surface area contributed by atoms with Crippen molar-refractivity contribution >= 4 is 55.6 Å². The van der Waals surface area contributed by atoms with E-state index in [1.54, 1.807) is 37.3 Å². The molecule has 132 valence electrons. The number of amides is 1. The molecule has 0 aliphatic carbocycles. The summed E-state index contributed by atoms with van der Waals surface area (Å²) in [6.07, 6.45) is 0.738. The number of carbonyl (C=O) groups excluding carboxylic acids is 1. The molecule has 0 saturated carbocycles. The van der Waals surface area contributed by atoms with Crippen molar-refractivity contribution in [3.8, 4) is 11.5 Å². The van der Waals surface area contributed by atoms with Crippen molar-refractivity contribution in [2.24, 2.45) is 5.10 Å². The van der Waals surface area contributed by atoms with E-state index < -0.39 is 6.10 Å². The van der Waals surface area contributed by atoms with Crippen LogP contribution in [0.4, 0.5) is 0 Å². The molecule has 0 aliphatic rings. The molecular formula is C17H15Br2ClN2O3. The van der Waals surface area contributed by atoms with Gasteiger partial charge in [0.1, 0.15) is 11.5 Å². The number of benzene rings is 2. The van der Waals surface area contributed by atoms with Crippen LogP contribution in [0.5, 0.6) is 11.5 Å². The molecule has 1 atom stereocenters. The topological polar surface area (TPSA) is 70.9 Å². The minimum Gasteiger partial charge on any atom is -0.506 e. The van der Waals surface area contributed by atoms with Gasteiger partial charge < -0.3 is 9.84 Å². The molecule has 1 amide bonds. The molecule has 2 rings (SSSR count). The van der Waals surface area contributed by atoms with E-state index in [1.165, 1.54) is 6.21 Å². The zero-order valence-corrected chi connectivity index (χ0v) is 17.3. The van der Waals surface area contributed by atoms with Gasteiger partial charge in [0.25, 0.3) is 5.91 Å². The van der Waals surface area contributed by atoms with E-state index in [9.17, 15) is 9.90 Å². The van der Waals surface area contributed by atoms with Gasteiger partial charge in [-0.05, 0) is 87.2 Å². The van der Waals surface area contributed by atoms with Crippen LogP contribution in [-0.2, 0) is 4.79 Å². The standard InChI is InChI=1S/C17H15Br2ClN2O3/c1-9-5-12(3-4-15(9)20)25-10(2)17(24)22-21-8-11-6-13(18)16(23)14(19)7-11/h3-8,10,23H,1-2H3,(H,22,24)/b21-8-/t10-/m1/s1. The fraction of sp³-hybridized carbons (Fsp3) is 0.176. The lowest BCUT2D eigenvalue weighted by Gasteiger charge is -2.13. The molecule has 0 bridgehead atoms. The van der Waals surface area contributed by atoms with E-state index in [1.807, 2.05) is 6.92 Å². The number of ether oxygens (including phenoxy) is 1. The Labute approximate surface area is 167 Å². The highest BCUT2D eigenvalue weighted by Crippen LogP contribution is 2.32. The number of nitrogens with zero attached hydrogens (tertiary/aromatic N) is 1. The second-order valence-corrected chi connectivity index (χ2v) is 7.35. The first-order valence-electron chi connectivity index (χ1n) is 7.21. The van der Waals surface area contributed by atoms with E-state index >= 15 is 0 Å². The van der Waals surface area contributed by atoms with Crippen LogP contribution in [0.25, 0.3) is 0 Å². The first-order valence-corrected chi connectivity index (χ1v) is 9.18. The molecule has 0 aliphatic heterocycles. The third-order valence-corrected chi connectivity index (χ3v) is 4.87. The van der Waals surface area contributed by atoms with Crippen LogP contribution >= 0.6 is 43.5 Å². The number of hydrazone groups is 1. The zero-order valence-electron chi connectivity index (χ0n) is 13.4. The Hall–Kier alpha value is -1.57. The van der Waals surface area contributed by atoms with Gasteiger partial charge in [0.15, 0.2) is 6.10 Å². The van der Waals surface area contributed by atoms with Crippen molar-refractivity contribution in [2.45, 2.75) is 20.0 Å². The lowest BCUT2D eigenvalue weighted by atomic mass is 10.2. The predicted molar refractivity (Wildman–Crippen MR) is 106 cm³/mol. The molecule has 25 heavy (non-hydrogen) atoms. The Morgan fingerprint density at radius 2 is 1.96 bits per heavy atom. The summed E-state index contributed by atoms with van der Waals surface area (Å²) in [5.74, 6) is 0.266. The van der Waals surface area contributed by atoms with Crippen LogP contribution in [-0.4, -0.2) is 23.3 Å². The number of halogens is 3. The number of phenolic OH excluding ortho intramolecular Hbond substituents is 1. The molecule has 0 saturated heterocycles. The Bertz CT molecular complexity index is 805. The molecule has 0 spiro atoms. The van der Waals surface area contributed by atoms with E-state index in [4.69, 9.17) is 16.3 Å². The number of hydrogen-bond acceptors (Lipinski definition) is 4. The molecule has 0 aromatic heterocycles. The first-order chi connectivity index (χ1) is 11.8. The summed E-state index contributed by atoms with van der Waals surface area (Å²) < 4.78 is 6.61. The summed E-state index contributed by atoms with van der Waals surface area (Å²) in [5.41, 5.74) is 3.98. The molecule has 0 heterocycles. The minimum atomic E-state index is -0.726. The van der Waals surface area contributed by atoms with Crippen molar-refractivity contribution in [3.05, 3.63) is 55.4 Å². The summed E-state index contributed by atoms with van der Waals surface area (Å²) >= 11 is 12.4. The fourth-order valence-corrected chi connectivity index (χ4v) is 3.21. The molecule has 0 fully saturated rings. The highest BCUT2D eigenvalue weighted by atomic mass is 79.9. The lowest BCUT2D eigenvalue weighted by molar-refractivity contribution is -0.127. The molecule has 0 radical (unpaired) electrons. The molecule has 5 nitrogen and oxygen atoms in total. The quantitative estimate of drug-likeness (QED) is 0.467. The number of rotatable bonds is 5. The second-order valence-electron chi connectivity index (χ2n) is 5.24.